The summed E-state index contributed by atoms with van der Waals surface area (Å²) < 4.78 is 10.7. The second-order valence-electron chi connectivity index (χ2n) is 8.21. The third-order valence-electron chi connectivity index (χ3n) is 6.29. The number of hydrogen-bond donors (Lipinski definition) is 2. The zero-order valence-corrected chi connectivity index (χ0v) is 16.4. The smallest absolute Gasteiger partial charge is 0.231 e. The zero-order chi connectivity index (χ0) is 19.8. The largest absolute Gasteiger partial charge is 0.508 e. The predicted octanol–water partition coefficient (Wildman–Crippen LogP) is 3.46. The third kappa shape index (κ3) is 3.77. The number of anilines is 1. The molecule has 29 heavy (non-hydrogen) atoms. The number of benzene rings is 2. The van der Waals surface area contributed by atoms with E-state index < -0.39 is 0 Å². The molecule has 0 radical (unpaired) electrons. The van der Waals surface area contributed by atoms with Gasteiger partial charge in [-0.05, 0) is 74.5 Å². The van der Waals surface area contributed by atoms with E-state index in [0.29, 0.717) is 17.2 Å². The van der Waals surface area contributed by atoms with E-state index in [0.717, 1.165) is 56.6 Å². The fourth-order valence-electron chi connectivity index (χ4n) is 4.60. The van der Waals surface area contributed by atoms with Gasteiger partial charge in [-0.2, -0.15) is 0 Å². The van der Waals surface area contributed by atoms with Crippen molar-refractivity contribution in [2.75, 3.05) is 25.2 Å². The predicted molar refractivity (Wildman–Crippen MR) is 109 cm³/mol. The van der Waals surface area contributed by atoms with Crippen molar-refractivity contribution in [2.45, 2.75) is 38.6 Å². The number of carbonyl (C=O) groups is 1. The Bertz CT molecular complexity index is 935. The molecule has 1 saturated heterocycles. The van der Waals surface area contributed by atoms with Crippen LogP contribution in [0.4, 0.5) is 5.69 Å². The molecule has 2 heterocycles. The van der Waals surface area contributed by atoms with Crippen LogP contribution in [0.15, 0.2) is 30.3 Å². The minimum absolute atomic E-state index is 0.00490. The van der Waals surface area contributed by atoms with Crippen LogP contribution >= 0.6 is 0 Å². The molecule has 0 spiro atoms. The molecule has 1 fully saturated rings. The number of phenolic OH excluding ortho intramolecular Hbond substituents is 1. The zero-order valence-electron chi connectivity index (χ0n) is 16.4. The maximum Gasteiger partial charge on any atom is 0.231 e. The Balaban J connectivity index is 1.16. The molecule has 0 aromatic heterocycles. The van der Waals surface area contributed by atoms with E-state index in [-0.39, 0.29) is 18.6 Å². The van der Waals surface area contributed by atoms with Gasteiger partial charge in [-0.3, -0.25) is 9.69 Å². The lowest BCUT2D eigenvalue weighted by atomic mass is 9.95. The first-order valence-electron chi connectivity index (χ1n) is 10.4. The van der Waals surface area contributed by atoms with Gasteiger partial charge in [-0.1, -0.05) is 6.07 Å². The lowest BCUT2D eigenvalue weighted by Gasteiger charge is -2.31. The average molecular weight is 394 g/mol. The summed E-state index contributed by atoms with van der Waals surface area (Å²) >= 11 is 0. The standard InChI is InChI=1S/C23H26N2O4/c26-20-11-17-3-1-2-16(17)10-18(20)13-25-8-6-15(7-9-25)23(27)24-19-4-5-21-22(12-19)29-14-28-21/h4-5,10-12,15,26H,1-3,6-9,13-14H2,(H,24,27). The molecule has 152 valence electrons. The summed E-state index contributed by atoms with van der Waals surface area (Å²) in [6, 6.07) is 9.60. The van der Waals surface area contributed by atoms with E-state index in [1.165, 1.54) is 17.5 Å². The number of hydrogen-bond acceptors (Lipinski definition) is 5. The molecule has 6 heteroatoms. The molecule has 3 aliphatic rings. The Kier molecular flexibility index (Phi) is 4.79. The van der Waals surface area contributed by atoms with Gasteiger partial charge >= 0.3 is 0 Å². The quantitative estimate of drug-likeness (QED) is 0.831. The van der Waals surface area contributed by atoms with Crippen molar-refractivity contribution in [2.24, 2.45) is 5.92 Å². The van der Waals surface area contributed by atoms with Gasteiger partial charge in [0.2, 0.25) is 12.7 Å². The number of nitrogens with one attached hydrogen (secondary N) is 1. The maximum absolute atomic E-state index is 12.7. The summed E-state index contributed by atoms with van der Waals surface area (Å²) in [5.74, 6) is 1.86. The van der Waals surface area contributed by atoms with Crippen molar-refractivity contribution in [3.8, 4) is 17.2 Å². The van der Waals surface area contributed by atoms with Gasteiger partial charge in [0.05, 0.1) is 0 Å². The summed E-state index contributed by atoms with van der Waals surface area (Å²) in [4.78, 5) is 15.0. The second-order valence-corrected chi connectivity index (χ2v) is 8.21. The highest BCUT2D eigenvalue weighted by molar-refractivity contribution is 5.93. The van der Waals surface area contributed by atoms with Crippen molar-refractivity contribution in [1.82, 2.24) is 4.90 Å². The number of nitrogens with zero attached hydrogens (tertiary/aromatic N) is 1. The van der Waals surface area contributed by atoms with Crippen molar-refractivity contribution in [3.63, 3.8) is 0 Å². The fraction of sp³-hybridized carbons (Fsp3) is 0.435. The van der Waals surface area contributed by atoms with Crippen molar-refractivity contribution >= 4 is 11.6 Å². The van der Waals surface area contributed by atoms with E-state index in [9.17, 15) is 9.90 Å². The Morgan fingerprint density at radius 3 is 2.66 bits per heavy atom. The molecule has 0 saturated carbocycles. The Morgan fingerprint density at radius 2 is 1.83 bits per heavy atom. The van der Waals surface area contributed by atoms with Gasteiger partial charge in [0, 0.05) is 29.8 Å². The minimum Gasteiger partial charge on any atom is -0.508 e. The van der Waals surface area contributed by atoms with Crippen molar-refractivity contribution in [1.29, 1.82) is 0 Å². The van der Waals surface area contributed by atoms with Crippen LogP contribution < -0.4 is 14.8 Å². The second kappa shape index (κ2) is 7.59. The molecule has 0 bridgehead atoms. The first-order chi connectivity index (χ1) is 14.2. The monoisotopic (exact) mass is 394 g/mol. The highest BCUT2D eigenvalue weighted by atomic mass is 16.7. The molecule has 1 amide bonds. The molecule has 6 nitrogen and oxygen atoms in total. The summed E-state index contributed by atoms with van der Waals surface area (Å²) in [5, 5.41) is 13.4. The average Bonchev–Trinajstić information content (AvgIpc) is 3.37. The van der Waals surface area contributed by atoms with Crippen molar-refractivity contribution < 1.29 is 19.4 Å². The Hall–Kier alpha value is -2.73. The number of ether oxygens (including phenoxy) is 2. The van der Waals surface area contributed by atoms with E-state index in [4.69, 9.17) is 9.47 Å². The number of piperidine rings is 1. The number of carbonyl (C=O) groups excluding carboxylic acids is 1. The number of aryl methyl sites for hydroxylation is 2. The molecule has 2 N–H and O–H groups in total. The van der Waals surface area contributed by atoms with Gasteiger partial charge in [-0.25, -0.2) is 0 Å². The number of amides is 1. The lowest BCUT2D eigenvalue weighted by Crippen LogP contribution is -2.37. The number of phenols is 1. The molecule has 0 unspecified atom stereocenters. The van der Waals surface area contributed by atoms with Crippen LogP contribution in [-0.4, -0.2) is 35.8 Å². The summed E-state index contributed by atoms with van der Waals surface area (Å²) in [6.45, 7) is 2.69. The van der Waals surface area contributed by atoms with Gasteiger partial charge < -0.3 is 19.9 Å². The molecule has 2 aromatic rings. The molecular weight excluding hydrogens is 368 g/mol. The summed E-state index contributed by atoms with van der Waals surface area (Å²) in [5.41, 5.74) is 4.43. The molecule has 5 rings (SSSR count). The van der Waals surface area contributed by atoms with Crippen LogP contribution in [0.3, 0.4) is 0 Å². The SMILES string of the molecule is O=C(Nc1ccc2c(c1)OCO2)C1CCN(Cc2cc3c(cc2O)CCC3)CC1. The fourth-order valence-corrected chi connectivity index (χ4v) is 4.60. The number of aromatic hydroxyl groups is 1. The molecule has 2 aromatic carbocycles. The van der Waals surface area contributed by atoms with E-state index >= 15 is 0 Å². The van der Waals surface area contributed by atoms with Crippen LogP contribution in [-0.2, 0) is 24.2 Å². The maximum atomic E-state index is 12.7. The Labute approximate surface area is 170 Å². The van der Waals surface area contributed by atoms with Gasteiger partial charge in [0.1, 0.15) is 5.75 Å². The number of likely N-dealkylation sites (tertiary alicyclic amines) is 1. The highest BCUT2D eigenvalue weighted by Gasteiger charge is 2.26. The lowest BCUT2D eigenvalue weighted by molar-refractivity contribution is -0.121. The molecular formula is C23H26N2O4. The van der Waals surface area contributed by atoms with Crippen LogP contribution in [0, 0.1) is 5.92 Å². The molecule has 2 aliphatic heterocycles. The van der Waals surface area contributed by atoms with Gasteiger partial charge in [0.25, 0.3) is 0 Å². The van der Waals surface area contributed by atoms with Crippen molar-refractivity contribution in [3.05, 3.63) is 47.0 Å². The summed E-state index contributed by atoms with van der Waals surface area (Å²) in [6.07, 6.45) is 5.02. The minimum atomic E-state index is 0.00490. The Morgan fingerprint density at radius 1 is 1.07 bits per heavy atom. The van der Waals surface area contributed by atoms with Crippen LogP contribution in [0.2, 0.25) is 0 Å². The molecule has 1 aliphatic carbocycles. The molecule has 0 atom stereocenters. The first-order valence-corrected chi connectivity index (χ1v) is 10.4. The van der Waals surface area contributed by atoms with E-state index in [2.05, 4.69) is 16.3 Å². The van der Waals surface area contributed by atoms with Crippen LogP contribution in [0.25, 0.3) is 0 Å². The summed E-state index contributed by atoms with van der Waals surface area (Å²) in [7, 11) is 0. The third-order valence-corrected chi connectivity index (χ3v) is 6.29. The number of fused-ring (bicyclic) bond motifs is 2. The highest BCUT2D eigenvalue weighted by Crippen LogP contribution is 2.35. The van der Waals surface area contributed by atoms with E-state index in [1.54, 1.807) is 0 Å². The van der Waals surface area contributed by atoms with Crippen LogP contribution in [0.5, 0.6) is 17.2 Å². The van der Waals surface area contributed by atoms with E-state index in [1.807, 2.05) is 24.3 Å². The first kappa shape index (κ1) is 18.3. The topological polar surface area (TPSA) is 71.0 Å². The van der Waals surface area contributed by atoms with Gasteiger partial charge in [0.15, 0.2) is 11.5 Å². The normalized spacial score (nSPS) is 18.6. The van der Waals surface area contributed by atoms with Gasteiger partial charge in [-0.15, -0.1) is 0 Å². The number of rotatable bonds is 4. The van der Waals surface area contributed by atoms with Crippen LogP contribution in [0.1, 0.15) is 36.0 Å².